The Morgan fingerprint density at radius 1 is 1.36 bits per heavy atom. The lowest BCUT2D eigenvalue weighted by molar-refractivity contribution is 0.188. The number of aromatic amines is 1. The number of halogens is 1. The number of rotatable bonds is 5. The molecule has 6 heteroatoms. The summed E-state index contributed by atoms with van der Waals surface area (Å²) in [6.07, 6.45) is 4.67. The molecule has 0 aliphatic carbocycles. The highest BCUT2D eigenvalue weighted by molar-refractivity contribution is 14.0. The summed E-state index contributed by atoms with van der Waals surface area (Å²) in [4.78, 5) is 10.3. The average molecular weight is 456 g/mol. The zero-order valence-electron chi connectivity index (χ0n) is 15.1. The number of aliphatic hydroxyl groups excluding tert-OH is 1. The lowest BCUT2D eigenvalue weighted by Gasteiger charge is -2.20. The van der Waals surface area contributed by atoms with Gasteiger partial charge in [0.2, 0.25) is 0 Å². The molecule has 0 bridgehead atoms. The van der Waals surface area contributed by atoms with Gasteiger partial charge < -0.3 is 20.3 Å². The molecule has 3 N–H and O–H groups in total. The van der Waals surface area contributed by atoms with Crippen LogP contribution in [-0.2, 0) is 12.8 Å². The third-order valence-corrected chi connectivity index (χ3v) is 4.71. The van der Waals surface area contributed by atoms with Crippen molar-refractivity contribution in [2.75, 3.05) is 26.2 Å². The van der Waals surface area contributed by atoms with Crippen molar-refractivity contribution in [1.29, 1.82) is 0 Å². The minimum Gasteiger partial charge on any atom is -0.391 e. The van der Waals surface area contributed by atoms with Crippen LogP contribution in [0.15, 0.2) is 29.4 Å². The van der Waals surface area contributed by atoms with E-state index in [2.05, 4.69) is 53.4 Å². The minimum absolute atomic E-state index is 0. The molecule has 1 aromatic heterocycles. The van der Waals surface area contributed by atoms with Crippen LogP contribution in [0.4, 0.5) is 0 Å². The standard InChI is InChI=1S/C19H28N4O.HI/c1-3-14-6-5-7-17-15(12-22-18(14)17)8-10-21-19(20-4-2)23-11-9-16(24)13-23;/h5-7,12,16,22,24H,3-4,8-11,13H2,1-2H3,(H,20,21);1H/t16-;/m1./s1. The van der Waals surface area contributed by atoms with Crippen molar-refractivity contribution in [3.8, 4) is 0 Å². The molecule has 3 rings (SSSR count). The predicted molar refractivity (Wildman–Crippen MR) is 115 cm³/mol. The monoisotopic (exact) mass is 456 g/mol. The van der Waals surface area contributed by atoms with Crippen LogP contribution in [0.2, 0.25) is 0 Å². The number of nitrogens with one attached hydrogen (secondary N) is 2. The van der Waals surface area contributed by atoms with Gasteiger partial charge in [0, 0.05) is 43.3 Å². The van der Waals surface area contributed by atoms with E-state index in [-0.39, 0.29) is 30.1 Å². The van der Waals surface area contributed by atoms with E-state index in [1.165, 1.54) is 22.0 Å². The van der Waals surface area contributed by atoms with Gasteiger partial charge in [-0.25, -0.2) is 0 Å². The first-order chi connectivity index (χ1) is 11.7. The van der Waals surface area contributed by atoms with Crippen LogP contribution in [0.5, 0.6) is 0 Å². The first kappa shape index (κ1) is 20.0. The van der Waals surface area contributed by atoms with Gasteiger partial charge in [0.25, 0.3) is 0 Å². The lowest BCUT2D eigenvalue weighted by Crippen LogP contribution is -2.40. The molecule has 2 heterocycles. The molecule has 1 fully saturated rings. The molecule has 0 spiro atoms. The maximum Gasteiger partial charge on any atom is 0.194 e. The van der Waals surface area contributed by atoms with Crippen LogP contribution < -0.4 is 5.32 Å². The Hall–Kier alpha value is -1.28. The number of H-pyrrole nitrogens is 1. The van der Waals surface area contributed by atoms with E-state index in [1.54, 1.807) is 0 Å². The van der Waals surface area contributed by atoms with Crippen molar-refractivity contribution < 1.29 is 5.11 Å². The summed E-state index contributed by atoms with van der Waals surface area (Å²) >= 11 is 0. The van der Waals surface area contributed by atoms with Crippen LogP contribution in [0, 0.1) is 0 Å². The third kappa shape index (κ3) is 4.67. The summed E-state index contributed by atoms with van der Waals surface area (Å²) in [5, 5.41) is 14.4. The zero-order valence-corrected chi connectivity index (χ0v) is 17.4. The summed E-state index contributed by atoms with van der Waals surface area (Å²) in [7, 11) is 0. The fourth-order valence-corrected chi connectivity index (χ4v) is 3.42. The molecule has 0 saturated carbocycles. The molecule has 2 aromatic rings. The highest BCUT2D eigenvalue weighted by Gasteiger charge is 2.22. The van der Waals surface area contributed by atoms with Crippen LogP contribution in [0.3, 0.4) is 0 Å². The number of nitrogens with zero attached hydrogens (tertiary/aromatic N) is 2. The van der Waals surface area contributed by atoms with Gasteiger partial charge in [0.15, 0.2) is 5.96 Å². The van der Waals surface area contributed by atoms with Crippen molar-refractivity contribution in [2.45, 2.75) is 39.2 Å². The van der Waals surface area contributed by atoms with Gasteiger partial charge in [0.05, 0.1) is 6.10 Å². The van der Waals surface area contributed by atoms with E-state index >= 15 is 0 Å². The number of hydrogen-bond donors (Lipinski definition) is 3. The summed E-state index contributed by atoms with van der Waals surface area (Å²) in [5.74, 6) is 0.920. The summed E-state index contributed by atoms with van der Waals surface area (Å²) in [6.45, 7) is 7.41. The second kappa shape index (κ2) is 9.43. The molecular formula is C19H29IN4O. The van der Waals surface area contributed by atoms with Crippen molar-refractivity contribution in [3.05, 3.63) is 35.5 Å². The van der Waals surface area contributed by atoms with E-state index in [4.69, 9.17) is 4.99 Å². The number of aliphatic imine (C=N–C) groups is 1. The van der Waals surface area contributed by atoms with Crippen LogP contribution in [0.1, 0.15) is 31.4 Å². The van der Waals surface area contributed by atoms with Gasteiger partial charge in [-0.05, 0) is 37.3 Å². The number of β-amino-alcohol motifs (C(OH)–C–C–N with tert-alkyl or cyclic N) is 1. The minimum atomic E-state index is -0.227. The quantitative estimate of drug-likeness (QED) is 0.369. The molecule has 0 unspecified atom stereocenters. The van der Waals surface area contributed by atoms with Crippen LogP contribution >= 0.6 is 24.0 Å². The molecule has 1 aromatic carbocycles. The van der Waals surface area contributed by atoms with Crippen molar-refractivity contribution in [3.63, 3.8) is 0 Å². The zero-order chi connectivity index (χ0) is 16.9. The van der Waals surface area contributed by atoms with Crippen molar-refractivity contribution >= 4 is 40.8 Å². The number of para-hydroxylation sites is 1. The van der Waals surface area contributed by atoms with Gasteiger partial charge >= 0.3 is 0 Å². The van der Waals surface area contributed by atoms with Crippen LogP contribution in [-0.4, -0.2) is 53.2 Å². The van der Waals surface area contributed by atoms with E-state index in [9.17, 15) is 5.11 Å². The van der Waals surface area contributed by atoms with Gasteiger partial charge in [-0.1, -0.05) is 25.1 Å². The molecule has 25 heavy (non-hydrogen) atoms. The smallest absolute Gasteiger partial charge is 0.194 e. The number of hydrogen-bond acceptors (Lipinski definition) is 2. The van der Waals surface area contributed by atoms with Crippen LogP contribution in [0.25, 0.3) is 10.9 Å². The largest absolute Gasteiger partial charge is 0.391 e. The van der Waals surface area contributed by atoms with E-state index < -0.39 is 0 Å². The number of guanidine groups is 1. The summed E-state index contributed by atoms with van der Waals surface area (Å²) in [6, 6.07) is 6.51. The number of aryl methyl sites for hydroxylation is 1. The maximum atomic E-state index is 9.73. The fourth-order valence-electron chi connectivity index (χ4n) is 3.42. The van der Waals surface area contributed by atoms with Gasteiger partial charge in [-0.2, -0.15) is 0 Å². The normalized spacial score (nSPS) is 17.8. The molecule has 1 saturated heterocycles. The predicted octanol–water partition coefficient (Wildman–Crippen LogP) is 2.92. The van der Waals surface area contributed by atoms with Gasteiger partial charge in [-0.15, -0.1) is 24.0 Å². The van der Waals surface area contributed by atoms with Gasteiger partial charge in [0.1, 0.15) is 0 Å². The Labute approximate surface area is 166 Å². The number of likely N-dealkylation sites (tertiary alicyclic amines) is 1. The third-order valence-electron chi connectivity index (χ3n) is 4.71. The van der Waals surface area contributed by atoms with E-state index in [0.29, 0.717) is 6.54 Å². The topological polar surface area (TPSA) is 63.7 Å². The summed E-state index contributed by atoms with van der Waals surface area (Å²) in [5.41, 5.74) is 3.94. The second-order valence-corrected chi connectivity index (χ2v) is 6.38. The Morgan fingerprint density at radius 3 is 2.88 bits per heavy atom. The first-order valence-electron chi connectivity index (χ1n) is 9.02. The molecule has 1 aliphatic rings. The Kier molecular flexibility index (Phi) is 7.56. The van der Waals surface area contributed by atoms with E-state index in [0.717, 1.165) is 44.9 Å². The highest BCUT2D eigenvalue weighted by atomic mass is 127. The fraction of sp³-hybridized carbons (Fsp3) is 0.526. The average Bonchev–Trinajstić information content (AvgIpc) is 3.20. The number of aromatic nitrogens is 1. The molecule has 0 radical (unpaired) electrons. The molecule has 1 aliphatic heterocycles. The van der Waals surface area contributed by atoms with E-state index in [1.807, 2.05) is 0 Å². The Morgan fingerprint density at radius 2 is 2.20 bits per heavy atom. The second-order valence-electron chi connectivity index (χ2n) is 6.38. The maximum absolute atomic E-state index is 9.73. The molecule has 0 amide bonds. The number of aliphatic hydroxyl groups is 1. The molecule has 138 valence electrons. The summed E-state index contributed by atoms with van der Waals surface area (Å²) < 4.78 is 0. The number of benzene rings is 1. The first-order valence-corrected chi connectivity index (χ1v) is 9.02. The molecule has 1 atom stereocenters. The Bertz CT molecular complexity index is 713. The highest BCUT2D eigenvalue weighted by Crippen LogP contribution is 2.22. The molecular weight excluding hydrogens is 427 g/mol. The van der Waals surface area contributed by atoms with Crippen molar-refractivity contribution in [2.24, 2.45) is 4.99 Å². The van der Waals surface area contributed by atoms with Gasteiger partial charge in [-0.3, -0.25) is 4.99 Å². The number of fused-ring (bicyclic) bond motifs is 1. The SMILES string of the molecule is CCNC(=NCCc1c[nH]c2c(CC)cccc12)N1CC[C@@H](O)C1.I. The lowest BCUT2D eigenvalue weighted by atomic mass is 10.1. The Balaban J connectivity index is 0.00000225. The van der Waals surface area contributed by atoms with Crippen molar-refractivity contribution in [1.82, 2.24) is 15.2 Å². The molecule has 5 nitrogen and oxygen atoms in total.